The van der Waals surface area contributed by atoms with Crippen molar-refractivity contribution in [1.82, 2.24) is 0 Å². The second-order valence-electron chi connectivity index (χ2n) is 6.66. The lowest BCUT2D eigenvalue weighted by atomic mass is 9.86. The Kier molecular flexibility index (Phi) is 5.31. The molecule has 2 aromatic rings. The maximum atomic E-state index is 12.5. The van der Waals surface area contributed by atoms with Crippen LogP contribution in [0.2, 0.25) is 5.02 Å². The number of anilines is 1. The summed E-state index contributed by atoms with van der Waals surface area (Å²) in [5.41, 5.74) is 2.44. The molecule has 4 heteroatoms. The topological polar surface area (TPSA) is 52.9 Å². The van der Waals surface area contributed by atoms with E-state index in [4.69, 9.17) is 11.6 Å². The molecule has 1 N–H and O–H groups in total. The predicted molar refractivity (Wildman–Crippen MR) is 98.6 cm³/mol. The number of halogens is 1. The van der Waals surface area contributed by atoms with Crippen molar-refractivity contribution in [2.45, 2.75) is 39.0 Å². The van der Waals surface area contributed by atoms with Gasteiger partial charge in [-0.25, -0.2) is 0 Å². The van der Waals surface area contributed by atoms with Gasteiger partial charge in [0.2, 0.25) is 0 Å². The van der Waals surface area contributed by atoms with Gasteiger partial charge in [-0.15, -0.1) is 0 Å². The van der Waals surface area contributed by atoms with Gasteiger partial charge in [-0.3, -0.25) is 4.79 Å². The van der Waals surface area contributed by atoms with Crippen molar-refractivity contribution in [1.29, 1.82) is 5.26 Å². The van der Waals surface area contributed by atoms with Gasteiger partial charge in [0.25, 0.3) is 5.91 Å². The van der Waals surface area contributed by atoms with Gasteiger partial charge in [0.15, 0.2) is 0 Å². The van der Waals surface area contributed by atoms with Gasteiger partial charge in [0.1, 0.15) is 0 Å². The fourth-order valence-corrected chi connectivity index (χ4v) is 2.72. The molecule has 3 nitrogen and oxygen atoms in total. The van der Waals surface area contributed by atoms with Crippen molar-refractivity contribution >= 4 is 23.2 Å². The number of nitrogens with zero attached hydrogens (tertiary/aromatic N) is 1. The minimum absolute atomic E-state index is 0.194. The van der Waals surface area contributed by atoms with Crippen molar-refractivity contribution in [3.05, 3.63) is 64.2 Å². The summed E-state index contributed by atoms with van der Waals surface area (Å²) in [7, 11) is 0. The minimum Gasteiger partial charge on any atom is -0.322 e. The summed E-state index contributed by atoms with van der Waals surface area (Å²) in [5.74, 6) is 0.0467. The summed E-state index contributed by atoms with van der Waals surface area (Å²) < 4.78 is 0. The van der Waals surface area contributed by atoms with Gasteiger partial charge in [-0.05, 0) is 61.2 Å². The number of nitrogens with one attached hydrogen (secondary N) is 1. The van der Waals surface area contributed by atoms with E-state index in [0.29, 0.717) is 16.3 Å². The van der Waals surface area contributed by atoms with Crippen molar-refractivity contribution < 1.29 is 4.79 Å². The zero-order valence-electron chi connectivity index (χ0n) is 14.4. The summed E-state index contributed by atoms with van der Waals surface area (Å²) in [6.07, 6.45) is 0. The Morgan fingerprint density at radius 2 is 1.92 bits per heavy atom. The third kappa shape index (κ3) is 3.96. The fourth-order valence-electron chi connectivity index (χ4n) is 2.38. The molecule has 0 unspecified atom stereocenters. The highest BCUT2D eigenvalue weighted by Crippen LogP contribution is 2.27. The highest BCUT2D eigenvalue weighted by atomic mass is 35.5. The molecule has 0 bridgehead atoms. The first-order valence-corrected chi connectivity index (χ1v) is 8.25. The lowest BCUT2D eigenvalue weighted by Crippen LogP contribution is -2.16. The summed E-state index contributed by atoms with van der Waals surface area (Å²) in [6.45, 7) is 7.77. The molecule has 124 valence electrons. The molecule has 2 aromatic carbocycles. The molecule has 0 aliphatic carbocycles. The van der Waals surface area contributed by atoms with Crippen molar-refractivity contribution in [3.63, 3.8) is 0 Å². The molecule has 0 saturated heterocycles. The summed E-state index contributed by atoms with van der Waals surface area (Å²) in [6, 6.07) is 14.9. The molecular formula is C20H21ClN2O. The van der Waals surface area contributed by atoms with Gasteiger partial charge in [-0.1, -0.05) is 37.6 Å². The van der Waals surface area contributed by atoms with E-state index < -0.39 is 5.41 Å². The number of hydrogen-bond acceptors (Lipinski definition) is 2. The molecule has 2 rings (SSSR count). The quantitative estimate of drug-likeness (QED) is 0.797. The second kappa shape index (κ2) is 7.07. The first-order valence-electron chi connectivity index (χ1n) is 7.87. The van der Waals surface area contributed by atoms with Gasteiger partial charge >= 0.3 is 0 Å². The normalized spacial score (nSPS) is 11.2. The number of hydrogen-bond donors (Lipinski definition) is 1. The Hall–Kier alpha value is -2.31. The molecule has 0 saturated carbocycles. The highest BCUT2D eigenvalue weighted by molar-refractivity contribution is 6.31. The molecule has 0 aromatic heterocycles. The molecule has 0 spiro atoms. The van der Waals surface area contributed by atoms with E-state index in [1.165, 1.54) is 0 Å². The van der Waals surface area contributed by atoms with E-state index >= 15 is 0 Å². The highest BCUT2D eigenvalue weighted by Gasteiger charge is 2.20. The minimum atomic E-state index is -0.605. The van der Waals surface area contributed by atoms with E-state index in [1.807, 2.05) is 58.0 Å². The van der Waals surface area contributed by atoms with E-state index in [2.05, 4.69) is 11.4 Å². The number of benzene rings is 2. The standard InChI is InChI=1S/C20H21ClN2O/c1-13(2)17-10-14(8-9-18(17)21)19(24)23-16-7-5-6-15(11-16)20(3,4)12-22/h5-11,13H,1-4H3,(H,23,24). The van der Waals surface area contributed by atoms with Crippen LogP contribution in [0.25, 0.3) is 0 Å². The number of rotatable bonds is 4. The second-order valence-corrected chi connectivity index (χ2v) is 7.07. The number of carbonyl (C=O) groups is 1. The smallest absolute Gasteiger partial charge is 0.255 e. The molecule has 0 heterocycles. The van der Waals surface area contributed by atoms with Crippen LogP contribution in [-0.4, -0.2) is 5.91 Å². The lowest BCUT2D eigenvalue weighted by molar-refractivity contribution is 0.102. The monoisotopic (exact) mass is 340 g/mol. The van der Waals surface area contributed by atoms with Crippen LogP contribution in [0, 0.1) is 11.3 Å². The van der Waals surface area contributed by atoms with E-state index in [0.717, 1.165) is 11.1 Å². The van der Waals surface area contributed by atoms with Crippen LogP contribution in [0.15, 0.2) is 42.5 Å². The van der Waals surface area contributed by atoms with Crippen LogP contribution in [0.5, 0.6) is 0 Å². The van der Waals surface area contributed by atoms with E-state index in [1.54, 1.807) is 12.1 Å². The Morgan fingerprint density at radius 1 is 1.21 bits per heavy atom. The Morgan fingerprint density at radius 3 is 2.54 bits per heavy atom. The molecule has 0 aliphatic heterocycles. The Labute approximate surface area is 148 Å². The third-order valence-electron chi connectivity index (χ3n) is 4.00. The molecule has 0 radical (unpaired) electrons. The third-order valence-corrected chi connectivity index (χ3v) is 4.35. The van der Waals surface area contributed by atoms with Gasteiger partial charge in [0, 0.05) is 16.3 Å². The molecule has 24 heavy (non-hydrogen) atoms. The van der Waals surface area contributed by atoms with Gasteiger partial charge in [0.05, 0.1) is 11.5 Å². The molecular weight excluding hydrogens is 320 g/mol. The van der Waals surface area contributed by atoms with Crippen molar-refractivity contribution in [3.8, 4) is 6.07 Å². The average Bonchev–Trinajstić information content (AvgIpc) is 2.55. The maximum absolute atomic E-state index is 12.5. The Bertz CT molecular complexity index is 804. The molecule has 0 aliphatic rings. The van der Waals surface area contributed by atoms with Crippen LogP contribution < -0.4 is 5.32 Å². The van der Waals surface area contributed by atoms with Crippen molar-refractivity contribution in [2.75, 3.05) is 5.32 Å². The average molecular weight is 341 g/mol. The van der Waals surface area contributed by atoms with E-state index in [-0.39, 0.29) is 11.8 Å². The fraction of sp³-hybridized carbons (Fsp3) is 0.300. The number of amides is 1. The molecule has 0 atom stereocenters. The van der Waals surface area contributed by atoms with Crippen LogP contribution in [0.4, 0.5) is 5.69 Å². The molecule has 0 fully saturated rings. The number of carbonyl (C=O) groups excluding carboxylic acids is 1. The van der Waals surface area contributed by atoms with Crippen LogP contribution >= 0.6 is 11.6 Å². The largest absolute Gasteiger partial charge is 0.322 e. The summed E-state index contributed by atoms with van der Waals surface area (Å²) in [4.78, 5) is 12.5. The van der Waals surface area contributed by atoms with Crippen LogP contribution in [0.3, 0.4) is 0 Å². The van der Waals surface area contributed by atoms with Crippen LogP contribution in [-0.2, 0) is 5.41 Å². The molecule has 1 amide bonds. The van der Waals surface area contributed by atoms with Gasteiger partial charge < -0.3 is 5.32 Å². The zero-order valence-corrected chi connectivity index (χ0v) is 15.1. The van der Waals surface area contributed by atoms with E-state index in [9.17, 15) is 10.1 Å². The van der Waals surface area contributed by atoms with Crippen LogP contribution in [0.1, 0.15) is 55.1 Å². The zero-order chi connectivity index (χ0) is 17.9. The first kappa shape index (κ1) is 18.0. The summed E-state index contributed by atoms with van der Waals surface area (Å²) >= 11 is 6.18. The lowest BCUT2D eigenvalue weighted by Gasteiger charge is -2.17. The van der Waals surface area contributed by atoms with Gasteiger partial charge in [-0.2, -0.15) is 5.26 Å². The SMILES string of the molecule is CC(C)c1cc(C(=O)Nc2cccc(C(C)(C)C#N)c2)ccc1Cl. The number of nitriles is 1. The predicted octanol–water partition coefficient (Wildman–Crippen LogP) is 5.52. The Balaban J connectivity index is 2.26. The summed E-state index contributed by atoms with van der Waals surface area (Å²) in [5, 5.41) is 12.8. The maximum Gasteiger partial charge on any atom is 0.255 e. The van der Waals surface area contributed by atoms with Crippen molar-refractivity contribution in [2.24, 2.45) is 0 Å². The first-order chi connectivity index (χ1) is 11.2.